The summed E-state index contributed by atoms with van der Waals surface area (Å²) in [6.07, 6.45) is 0.520. The third kappa shape index (κ3) is 4.05. The van der Waals surface area contributed by atoms with Gasteiger partial charge in [-0.3, -0.25) is 0 Å². The highest BCUT2D eigenvalue weighted by Crippen LogP contribution is 2.26. The third-order valence-corrected chi connectivity index (χ3v) is 5.39. The van der Waals surface area contributed by atoms with E-state index < -0.39 is 15.8 Å². The van der Waals surface area contributed by atoms with E-state index in [1.165, 1.54) is 10.4 Å². The maximum Gasteiger partial charge on any atom is 0.244 e. The highest BCUT2D eigenvalue weighted by molar-refractivity contribution is 7.89. The molecule has 1 aromatic carbocycles. The Kier molecular flexibility index (Phi) is 6.05. The molecule has 0 aromatic heterocycles. The van der Waals surface area contributed by atoms with Gasteiger partial charge < -0.3 is 0 Å². The molecule has 0 atom stereocenters. The molecule has 0 aliphatic heterocycles. The first-order valence-corrected chi connectivity index (χ1v) is 8.18. The van der Waals surface area contributed by atoms with Gasteiger partial charge in [0.25, 0.3) is 0 Å². The van der Waals surface area contributed by atoms with Crippen molar-refractivity contribution in [2.75, 3.05) is 12.4 Å². The Morgan fingerprint density at radius 2 is 2.00 bits per heavy atom. The molecule has 0 saturated carbocycles. The van der Waals surface area contributed by atoms with E-state index >= 15 is 0 Å². The number of halogens is 3. The fraction of sp³-hybridized carbons (Fsp3) is 0.500. The van der Waals surface area contributed by atoms with Gasteiger partial charge in [-0.05, 0) is 38.5 Å². The summed E-state index contributed by atoms with van der Waals surface area (Å²) >= 11 is 11.5. The van der Waals surface area contributed by atoms with E-state index in [-0.39, 0.29) is 22.5 Å². The van der Waals surface area contributed by atoms with Crippen LogP contribution in [0.4, 0.5) is 4.39 Å². The maximum atomic E-state index is 13.2. The van der Waals surface area contributed by atoms with Crippen LogP contribution in [0.2, 0.25) is 5.02 Å². The van der Waals surface area contributed by atoms with Crippen molar-refractivity contribution in [3.8, 4) is 0 Å². The van der Waals surface area contributed by atoms with Gasteiger partial charge in [-0.1, -0.05) is 11.6 Å². The topological polar surface area (TPSA) is 37.4 Å². The molecule has 0 heterocycles. The van der Waals surface area contributed by atoms with Gasteiger partial charge in [-0.2, -0.15) is 4.31 Å². The molecule has 3 nitrogen and oxygen atoms in total. The number of nitrogens with zero attached hydrogens (tertiary/aromatic N) is 1. The predicted molar refractivity (Wildman–Crippen MR) is 75.8 cm³/mol. The van der Waals surface area contributed by atoms with Gasteiger partial charge in [-0.25, -0.2) is 12.8 Å². The monoisotopic (exact) mass is 327 g/mol. The van der Waals surface area contributed by atoms with Crippen molar-refractivity contribution < 1.29 is 12.8 Å². The second-order valence-electron chi connectivity index (χ2n) is 4.33. The van der Waals surface area contributed by atoms with Gasteiger partial charge in [0.2, 0.25) is 10.0 Å². The fourth-order valence-corrected chi connectivity index (χ4v) is 3.96. The summed E-state index contributed by atoms with van der Waals surface area (Å²) in [5, 5.41) is 0.0120. The normalized spacial score (nSPS) is 12.4. The molecule has 0 N–H and O–H groups in total. The molecular formula is C12H16Cl2FNO2S. The summed E-state index contributed by atoms with van der Waals surface area (Å²) in [7, 11) is -3.82. The molecule has 0 amide bonds. The highest BCUT2D eigenvalue weighted by Gasteiger charge is 2.28. The lowest BCUT2D eigenvalue weighted by atomic mass is 10.3. The molecule has 0 saturated heterocycles. The Bertz CT molecular complexity index is 535. The zero-order valence-electron chi connectivity index (χ0n) is 10.7. The Morgan fingerprint density at radius 3 is 2.53 bits per heavy atom. The molecule has 108 valence electrons. The van der Waals surface area contributed by atoms with Crippen LogP contribution in [0.5, 0.6) is 0 Å². The number of alkyl halides is 1. The minimum Gasteiger partial charge on any atom is -0.207 e. The number of hydrogen-bond acceptors (Lipinski definition) is 2. The van der Waals surface area contributed by atoms with Crippen molar-refractivity contribution in [3.63, 3.8) is 0 Å². The van der Waals surface area contributed by atoms with Crippen LogP contribution in [-0.2, 0) is 10.0 Å². The van der Waals surface area contributed by atoms with Crippen LogP contribution >= 0.6 is 23.2 Å². The molecule has 7 heteroatoms. The van der Waals surface area contributed by atoms with Gasteiger partial charge in [-0.15, -0.1) is 11.6 Å². The van der Waals surface area contributed by atoms with E-state index in [4.69, 9.17) is 23.2 Å². The summed E-state index contributed by atoms with van der Waals surface area (Å²) in [5.74, 6) is -0.278. The molecule has 0 unspecified atom stereocenters. The summed E-state index contributed by atoms with van der Waals surface area (Å²) in [6.45, 7) is 3.77. The second kappa shape index (κ2) is 6.88. The standard InChI is InChI=1S/C12H16Cl2FNO2S/c1-9(2)16(7-3-6-13)19(17,18)12-8-10(15)4-5-11(12)14/h4-5,8-9H,3,6-7H2,1-2H3. The average Bonchev–Trinajstić information content (AvgIpc) is 2.32. The highest BCUT2D eigenvalue weighted by atomic mass is 35.5. The summed E-state index contributed by atoms with van der Waals surface area (Å²) in [4.78, 5) is -0.211. The molecule has 0 radical (unpaired) electrons. The summed E-state index contributed by atoms with van der Waals surface area (Å²) in [6, 6.07) is 3.05. The van der Waals surface area contributed by atoms with Gasteiger partial charge in [0.05, 0.1) is 5.02 Å². The van der Waals surface area contributed by atoms with Crippen molar-refractivity contribution in [3.05, 3.63) is 29.0 Å². The third-order valence-electron chi connectivity index (χ3n) is 2.57. The van der Waals surface area contributed by atoms with Crippen LogP contribution in [0, 0.1) is 5.82 Å². The van der Waals surface area contributed by atoms with E-state index in [0.29, 0.717) is 12.3 Å². The van der Waals surface area contributed by atoms with Crippen molar-refractivity contribution in [1.29, 1.82) is 0 Å². The molecular weight excluding hydrogens is 312 g/mol. The van der Waals surface area contributed by atoms with Crippen molar-refractivity contribution in [2.24, 2.45) is 0 Å². The van der Waals surface area contributed by atoms with Crippen LogP contribution in [-0.4, -0.2) is 31.2 Å². The largest absolute Gasteiger partial charge is 0.244 e. The molecule has 0 spiro atoms. The van der Waals surface area contributed by atoms with E-state index in [9.17, 15) is 12.8 Å². The molecule has 1 aromatic rings. The summed E-state index contributed by atoms with van der Waals surface area (Å²) in [5.41, 5.74) is 0. The lowest BCUT2D eigenvalue weighted by molar-refractivity contribution is 0.354. The van der Waals surface area contributed by atoms with E-state index in [2.05, 4.69) is 0 Å². The number of rotatable bonds is 6. The van der Waals surface area contributed by atoms with Crippen molar-refractivity contribution >= 4 is 33.2 Å². The molecule has 0 fully saturated rings. The molecule has 0 bridgehead atoms. The van der Waals surface area contributed by atoms with Crippen LogP contribution in [0.25, 0.3) is 0 Å². The Balaban J connectivity index is 3.22. The first kappa shape index (κ1) is 16.7. The van der Waals surface area contributed by atoms with E-state index in [0.717, 1.165) is 12.1 Å². The van der Waals surface area contributed by atoms with Crippen LogP contribution in [0.3, 0.4) is 0 Å². The van der Waals surface area contributed by atoms with Crippen molar-refractivity contribution in [1.82, 2.24) is 4.31 Å². The molecule has 19 heavy (non-hydrogen) atoms. The van der Waals surface area contributed by atoms with E-state index in [1.54, 1.807) is 13.8 Å². The summed E-state index contributed by atoms with van der Waals surface area (Å²) < 4.78 is 39.5. The zero-order valence-corrected chi connectivity index (χ0v) is 13.1. The molecule has 0 aliphatic carbocycles. The number of benzene rings is 1. The van der Waals surface area contributed by atoms with Gasteiger partial charge >= 0.3 is 0 Å². The maximum absolute atomic E-state index is 13.2. The zero-order chi connectivity index (χ0) is 14.6. The van der Waals surface area contributed by atoms with Crippen molar-refractivity contribution in [2.45, 2.75) is 31.2 Å². The van der Waals surface area contributed by atoms with Crippen LogP contribution in [0.15, 0.2) is 23.1 Å². The number of hydrogen-bond donors (Lipinski definition) is 0. The predicted octanol–water partition coefficient (Wildman–Crippen LogP) is 3.51. The first-order valence-electron chi connectivity index (χ1n) is 5.83. The number of sulfonamides is 1. The smallest absolute Gasteiger partial charge is 0.207 e. The average molecular weight is 328 g/mol. The van der Waals surface area contributed by atoms with Gasteiger partial charge in [0, 0.05) is 18.5 Å². The quantitative estimate of drug-likeness (QED) is 0.750. The van der Waals surface area contributed by atoms with E-state index in [1.807, 2.05) is 0 Å². The lowest BCUT2D eigenvalue weighted by Crippen LogP contribution is -2.38. The Labute approximate surface area is 123 Å². The van der Waals surface area contributed by atoms with Crippen LogP contribution in [0.1, 0.15) is 20.3 Å². The fourth-order valence-electron chi connectivity index (χ4n) is 1.67. The first-order chi connectivity index (χ1) is 8.80. The molecule has 1 rings (SSSR count). The molecule has 0 aliphatic rings. The lowest BCUT2D eigenvalue weighted by Gasteiger charge is -2.26. The van der Waals surface area contributed by atoms with Gasteiger partial charge in [0.15, 0.2) is 0 Å². The SMILES string of the molecule is CC(C)N(CCCCl)S(=O)(=O)c1cc(F)ccc1Cl. The minimum absolute atomic E-state index is 0.0120. The Morgan fingerprint density at radius 1 is 1.37 bits per heavy atom. The van der Waals surface area contributed by atoms with Gasteiger partial charge in [0.1, 0.15) is 10.7 Å². The Hall–Kier alpha value is -0.360. The van der Waals surface area contributed by atoms with Crippen LogP contribution < -0.4 is 0 Å². The second-order valence-corrected chi connectivity index (χ2v) is 6.97. The minimum atomic E-state index is -3.82.